The Morgan fingerprint density at radius 3 is 2.62 bits per heavy atom. The van der Waals surface area contributed by atoms with Crippen LogP contribution in [0.1, 0.15) is 0 Å². The molecule has 0 radical (unpaired) electrons. The van der Waals surface area contributed by atoms with E-state index in [0.717, 1.165) is 5.69 Å². The molecule has 1 unspecified atom stereocenters. The van der Waals surface area contributed by atoms with Crippen LogP contribution in [0.3, 0.4) is 0 Å². The van der Waals surface area contributed by atoms with Crippen LogP contribution in [0.4, 0.5) is 10.1 Å². The van der Waals surface area contributed by atoms with Crippen LogP contribution in [0.5, 0.6) is 0 Å². The Balaban J connectivity index is 2.23. The van der Waals surface area contributed by atoms with Gasteiger partial charge in [0.2, 0.25) is 0 Å². The van der Waals surface area contributed by atoms with Gasteiger partial charge < -0.3 is 9.69 Å². The van der Waals surface area contributed by atoms with Crippen LogP contribution in [-0.4, -0.2) is 18.6 Å². The van der Waals surface area contributed by atoms with Crippen LogP contribution in [0.15, 0.2) is 36.5 Å². The zero-order valence-electron chi connectivity index (χ0n) is 8.47. The van der Waals surface area contributed by atoms with Crippen molar-refractivity contribution in [3.63, 3.8) is 0 Å². The average Bonchev–Trinajstić information content (AvgIpc) is 2.31. The predicted molar refractivity (Wildman–Crippen MR) is 57.4 cm³/mol. The molecule has 2 rings (SSSR count). The van der Waals surface area contributed by atoms with Crippen LogP contribution in [0.25, 0.3) is 0 Å². The largest absolute Gasteiger partial charge is 0.347 e. The van der Waals surface area contributed by atoms with Crippen molar-refractivity contribution >= 4 is 17.8 Å². The zero-order valence-corrected chi connectivity index (χ0v) is 8.47. The first-order chi connectivity index (χ1) is 7.70. The molecule has 0 saturated heterocycles. The Morgan fingerprint density at radius 1 is 1.31 bits per heavy atom. The minimum atomic E-state index is -0.630. The molecule has 16 heavy (non-hydrogen) atoms. The molecule has 1 heterocycles. The average molecular weight is 219 g/mol. The first-order valence-electron chi connectivity index (χ1n) is 4.90. The summed E-state index contributed by atoms with van der Waals surface area (Å²) in [5, 5.41) is 0. The highest BCUT2D eigenvalue weighted by atomic mass is 19.1. The summed E-state index contributed by atoms with van der Waals surface area (Å²) in [6.07, 6.45) is 3.61. The topological polar surface area (TPSA) is 37.4 Å². The molecule has 0 spiro atoms. The Kier molecular flexibility index (Phi) is 2.81. The lowest BCUT2D eigenvalue weighted by Crippen LogP contribution is -2.34. The number of ketones is 1. The molecule has 1 aromatic carbocycles. The minimum Gasteiger partial charge on any atom is -0.347 e. The van der Waals surface area contributed by atoms with Crippen molar-refractivity contribution in [3.8, 4) is 0 Å². The molecule has 0 saturated carbocycles. The van der Waals surface area contributed by atoms with Gasteiger partial charge in [-0.3, -0.25) is 4.79 Å². The van der Waals surface area contributed by atoms with Crippen molar-refractivity contribution in [2.24, 2.45) is 5.92 Å². The van der Waals surface area contributed by atoms with Gasteiger partial charge in [0.15, 0.2) is 5.78 Å². The molecule has 0 amide bonds. The predicted octanol–water partition coefficient (Wildman–Crippen LogP) is 1.54. The van der Waals surface area contributed by atoms with E-state index >= 15 is 0 Å². The maximum Gasteiger partial charge on any atom is 0.169 e. The summed E-state index contributed by atoms with van der Waals surface area (Å²) in [4.78, 5) is 23.7. The van der Waals surface area contributed by atoms with Crippen molar-refractivity contribution in [1.29, 1.82) is 0 Å². The first-order valence-corrected chi connectivity index (χ1v) is 4.90. The standard InChI is InChI=1S/C12H10FNO2/c13-10-1-3-11(4-2-10)14-6-5-12(16)9(7-14)8-15/h1-6,8-9H,7H2. The van der Waals surface area contributed by atoms with E-state index in [1.165, 1.54) is 18.2 Å². The van der Waals surface area contributed by atoms with Gasteiger partial charge in [-0.05, 0) is 30.3 Å². The summed E-state index contributed by atoms with van der Waals surface area (Å²) in [5.74, 6) is -1.13. The van der Waals surface area contributed by atoms with Gasteiger partial charge in [0.25, 0.3) is 0 Å². The Morgan fingerprint density at radius 2 is 2.00 bits per heavy atom. The van der Waals surface area contributed by atoms with Crippen LogP contribution in [0.2, 0.25) is 0 Å². The SMILES string of the molecule is O=CC1CN(c2ccc(F)cc2)C=CC1=O. The van der Waals surface area contributed by atoms with Crippen LogP contribution in [0, 0.1) is 11.7 Å². The number of carbonyl (C=O) groups excluding carboxylic acids is 2. The molecule has 3 nitrogen and oxygen atoms in total. The molecule has 1 aliphatic rings. The second kappa shape index (κ2) is 4.26. The quantitative estimate of drug-likeness (QED) is 0.559. The summed E-state index contributed by atoms with van der Waals surface area (Å²) in [5.41, 5.74) is 0.761. The van der Waals surface area contributed by atoms with E-state index in [2.05, 4.69) is 0 Å². The van der Waals surface area contributed by atoms with Gasteiger partial charge in [0.05, 0.1) is 5.92 Å². The highest BCUT2D eigenvalue weighted by molar-refractivity contribution is 6.02. The lowest BCUT2D eigenvalue weighted by molar-refractivity contribution is -0.123. The summed E-state index contributed by atoms with van der Waals surface area (Å²) >= 11 is 0. The normalized spacial score (nSPS) is 19.9. The van der Waals surface area contributed by atoms with Gasteiger partial charge in [0.1, 0.15) is 12.1 Å². The van der Waals surface area contributed by atoms with Crippen molar-refractivity contribution in [2.75, 3.05) is 11.4 Å². The smallest absolute Gasteiger partial charge is 0.169 e. The summed E-state index contributed by atoms with van der Waals surface area (Å²) in [7, 11) is 0. The summed E-state index contributed by atoms with van der Waals surface area (Å²) in [6.45, 7) is 0.310. The van der Waals surface area contributed by atoms with E-state index in [-0.39, 0.29) is 11.6 Å². The number of aldehydes is 1. The van der Waals surface area contributed by atoms with Crippen molar-refractivity contribution in [1.82, 2.24) is 0 Å². The molecule has 0 fully saturated rings. The Bertz CT molecular complexity index is 439. The number of nitrogens with zero attached hydrogens (tertiary/aromatic N) is 1. The molecular formula is C12H10FNO2. The van der Waals surface area contributed by atoms with Gasteiger partial charge in [-0.25, -0.2) is 4.39 Å². The molecule has 0 bridgehead atoms. The molecule has 82 valence electrons. The van der Waals surface area contributed by atoms with Gasteiger partial charge >= 0.3 is 0 Å². The second-order valence-electron chi connectivity index (χ2n) is 3.59. The van der Waals surface area contributed by atoms with Gasteiger partial charge in [0, 0.05) is 18.4 Å². The fourth-order valence-electron chi connectivity index (χ4n) is 1.58. The number of anilines is 1. The number of hydrogen-bond acceptors (Lipinski definition) is 3. The second-order valence-corrected chi connectivity index (χ2v) is 3.59. The molecule has 0 aliphatic carbocycles. The number of allylic oxidation sites excluding steroid dienone is 1. The van der Waals surface area contributed by atoms with Crippen LogP contribution < -0.4 is 4.90 Å². The molecule has 4 heteroatoms. The monoisotopic (exact) mass is 219 g/mol. The number of hydrogen-bond donors (Lipinski definition) is 0. The third-order valence-corrected chi connectivity index (χ3v) is 2.50. The minimum absolute atomic E-state index is 0.187. The zero-order chi connectivity index (χ0) is 11.5. The van der Waals surface area contributed by atoms with E-state index in [1.54, 1.807) is 23.2 Å². The third kappa shape index (κ3) is 2.00. The fourth-order valence-corrected chi connectivity index (χ4v) is 1.58. The molecular weight excluding hydrogens is 209 g/mol. The number of carbonyl (C=O) groups is 2. The van der Waals surface area contributed by atoms with E-state index in [9.17, 15) is 14.0 Å². The van der Waals surface area contributed by atoms with Crippen molar-refractivity contribution in [2.45, 2.75) is 0 Å². The summed E-state index contributed by atoms with van der Waals surface area (Å²) in [6, 6.07) is 5.90. The first kappa shape index (κ1) is 10.5. The van der Waals surface area contributed by atoms with E-state index in [0.29, 0.717) is 12.8 Å². The molecule has 0 N–H and O–H groups in total. The lowest BCUT2D eigenvalue weighted by atomic mass is 10.0. The van der Waals surface area contributed by atoms with E-state index in [4.69, 9.17) is 0 Å². The van der Waals surface area contributed by atoms with Crippen molar-refractivity contribution < 1.29 is 14.0 Å². The van der Waals surface area contributed by atoms with Gasteiger partial charge in [-0.15, -0.1) is 0 Å². The maximum atomic E-state index is 12.7. The number of halogens is 1. The highest BCUT2D eigenvalue weighted by Gasteiger charge is 2.22. The fraction of sp³-hybridized carbons (Fsp3) is 0.167. The summed E-state index contributed by atoms with van der Waals surface area (Å²) < 4.78 is 12.7. The highest BCUT2D eigenvalue weighted by Crippen LogP contribution is 2.19. The number of rotatable bonds is 2. The number of benzene rings is 1. The van der Waals surface area contributed by atoms with E-state index in [1.807, 2.05) is 0 Å². The molecule has 1 aromatic rings. The third-order valence-electron chi connectivity index (χ3n) is 2.50. The molecule has 1 aliphatic heterocycles. The van der Waals surface area contributed by atoms with Crippen LogP contribution >= 0.6 is 0 Å². The Labute approximate surface area is 92.2 Å². The molecule has 1 atom stereocenters. The Hall–Kier alpha value is -1.97. The maximum absolute atomic E-state index is 12.7. The van der Waals surface area contributed by atoms with E-state index < -0.39 is 5.92 Å². The van der Waals surface area contributed by atoms with Crippen molar-refractivity contribution in [3.05, 3.63) is 42.4 Å². The lowest BCUT2D eigenvalue weighted by Gasteiger charge is -2.26. The van der Waals surface area contributed by atoms with Gasteiger partial charge in [-0.2, -0.15) is 0 Å². The van der Waals surface area contributed by atoms with Crippen LogP contribution in [-0.2, 0) is 9.59 Å². The van der Waals surface area contributed by atoms with Gasteiger partial charge in [-0.1, -0.05) is 0 Å². The molecule has 0 aromatic heterocycles.